The Bertz CT molecular complexity index is 776. The molecule has 0 saturated heterocycles. The fraction of sp³-hybridized carbons (Fsp3) is 0.286. The van der Waals surface area contributed by atoms with Crippen LogP contribution in [0.2, 0.25) is 0 Å². The van der Waals surface area contributed by atoms with Gasteiger partial charge >= 0.3 is 0 Å². The third-order valence-corrected chi connectivity index (χ3v) is 3.82. The topological polar surface area (TPSA) is 65.9 Å². The molecule has 1 aliphatic rings. The van der Waals surface area contributed by atoms with Crippen molar-refractivity contribution in [2.75, 3.05) is 0 Å². The minimum Gasteiger partial charge on any atom is -0.266 e. The summed E-state index contributed by atoms with van der Waals surface area (Å²) in [6, 6.07) is 6.65. The molecule has 0 spiro atoms. The fourth-order valence-corrected chi connectivity index (χ4v) is 2.78. The zero-order chi connectivity index (χ0) is 14.8. The van der Waals surface area contributed by atoms with Gasteiger partial charge in [-0.1, -0.05) is 12.1 Å². The second-order valence-electron chi connectivity index (χ2n) is 4.86. The van der Waals surface area contributed by atoms with E-state index in [0.29, 0.717) is 10.3 Å². The molecule has 21 heavy (non-hydrogen) atoms. The molecule has 108 valence electrons. The second-order valence-corrected chi connectivity index (χ2v) is 5.22. The Morgan fingerprint density at radius 3 is 2.67 bits per heavy atom. The third kappa shape index (κ3) is 2.64. The maximum atomic E-state index is 11.0. The maximum absolute atomic E-state index is 11.0. The van der Waals surface area contributed by atoms with E-state index < -0.39 is 0 Å². The maximum Gasteiger partial charge on any atom is 0.276 e. The molecule has 0 fully saturated rings. The van der Waals surface area contributed by atoms with E-state index in [0.717, 1.165) is 31.8 Å². The highest BCUT2D eigenvalue weighted by molar-refractivity contribution is 7.71. The zero-order valence-corrected chi connectivity index (χ0v) is 12.1. The largest absolute Gasteiger partial charge is 0.276 e. The molecule has 1 aromatic heterocycles. The molecule has 6 nitrogen and oxygen atoms in total. The van der Waals surface area contributed by atoms with Crippen molar-refractivity contribution in [3.05, 3.63) is 50.5 Å². The Morgan fingerprint density at radius 1 is 1.19 bits per heavy atom. The van der Waals surface area contributed by atoms with Crippen molar-refractivity contribution in [3.63, 3.8) is 0 Å². The molecule has 0 radical (unpaired) electrons. The van der Waals surface area contributed by atoms with Crippen LogP contribution in [0.25, 0.3) is 12.2 Å². The molecule has 0 atom stereocenters. The predicted octanol–water partition coefficient (Wildman–Crippen LogP) is 3.29. The lowest BCUT2D eigenvalue weighted by atomic mass is 10.1. The number of fused-ring (bicyclic) bond motifs is 1. The summed E-state index contributed by atoms with van der Waals surface area (Å²) in [4.78, 5) is 15.0. The number of nitro groups is 1. The van der Waals surface area contributed by atoms with Crippen LogP contribution in [0.3, 0.4) is 0 Å². The monoisotopic (exact) mass is 302 g/mol. The molecular weight excluding hydrogens is 288 g/mol. The number of aromatic nitrogens is 3. The van der Waals surface area contributed by atoms with E-state index >= 15 is 0 Å². The molecule has 1 aromatic carbocycles. The lowest BCUT2D eigenvalue weighted by Gasteiger charge is -2.17. The van der Waals surface area contributed by atoms with Gasteiger partial charge in [-0.3, -0.25) is 19.5 Å². The average molecular weight is 302 g/mol. The van der Waals surface area contributed by atoms with Crippen LogP contribution in [-0.2, 0) is 13.1 Å². The summed E-state index contributed by atoms with van der Waals surface area (Å²) in [5.74, 6) is 0.748. The summed E-state index contributed by atoms with van der Waals surface area (Å²) in [5, 5.41) is 11.0. The first-order valence-corrected chi connectivity index (χ1v) is 7.17. The molecule has 0 saturated carbocycles. The Labute approximate surface area is 126 Å². The van der Waals surface area contributed by atoms with Crippen LogP contribution >= 0.6 is 12.2 Å². The van der Waals surface area contributed by atoms with E-state index in [2.05, 4.69) is 4.98 Å². The second kappa shape index (κ2) is 5.61. The van der Waals surface area contributed by atoms with E-state index in [1.807, 2.05) is 9.36 Å². The minimum atomic E-state index is -0.381. The molecule has 0 N–H and O–H groups in total. The van der Waals surface area contributed by atoms with Gasteiger partial charge in [0.1, 0.15) is 0 Å². The standard InChI is InChI=1S/C14H14N4O2S/c19-18(20)12-6-2-1-5-11(12)7-8-13-15-14(21)17-10-4-3-9-16(13)17/h1-2,5-8H,3-4,9-10H2/b8-7+. The zero-order valence-electron chi connectivity index (χ0n) is 11.3. The van der Waals surface area contributed by atoms with E-state index in [9.17, 15) is 10.1 Å². The first-order valence-electron chi connectivity index (χ1n) is 6.76. The Kier molecular flexibility index (Phi) is 3.66. The van der Waals surface area contributed by atoms with E-state index in [-0.39, 0.29) is 10.6 Å². The predicted molar refractivity (Wildman–Crippen MR) is 82.3 cm³/mol. The van der Waals surface area contributed by atoms with Crippen molar-refractivity contribution in [1.29, 1.82) is 0 Å². The number of nitro benzene ring substituents is 1. The first-order chi connectivity index (χ1) is 10.2. The van der Waals surface area contributed by atoms with E-state index in [4.69, 9.17) is 12.2 Å². The van der Waals surface area contributed by atoms with Crippen LogP contribution in [-0.4, -0.2) is 19.3 Å². The molecule has 2 heterocycles. The van der Waals surface area contributed by atoms with Gasteiger partial charge in [-0.05, 0) is 43.3 Å². The summed E-state index contributed by atoms with van der Waals surface area (Å²) in [6.07, 6.45) is 5.71. The number of hydrogen-bond acceptors (Lipinski definition) is 4. The fourth-order valence-electron chi connectivity index (χ4n) is 2.50. The molecule has 2 aromatic rings. The Hall–Kier alpha value is -2.28. The average Bonchev–Trinajstić information content (AvgIpc) is 2.82. The number of rotatable bonds is 3. The van der Waals surface area contributed by atoms with Crippen molar-refractivity contribution in [2.24, 2.45) is 0 Å². The number of para-hydroxylation sites is 1. The highest BCUT2D eigenvalue weighted by atomic mass is 32.1. The first kappa shape index (κ1) is 13.7. The van der Waals surface area contributed by atoms with Gasteiger partial charge < -0.3 is 0 Å². The number of hydrogen-bond donors (Lipinski definition) is 0. The van der Waals surface area contributed by atoms with Crippen LogP contribution in [0.15, 0.2) is 24.3 Å². The van der Waals surface area contributed by atoms with Crippen molar-refractivity contribution in [3.8, 4) is 0 Å². The summed E-state index contributed by atoms with van der Waals surface area (Å²) >= 11 is 5.25. The molecule has 1 aliphatic heterocycles. The normalized spacial score (nSPS) is 14.3. The lowest BCUT2D eigenvalue weighted by molar-refractivity contribution is -0.385. The van der Waals surface area contributed by atoms with E-state index in [1.54, 1.807) is 30.4 Å². The van der Waals surface area contributed by atoms with Gasteiger partial charge in [0.2, 0.25) is 4.77 Å². The van der Waals surface area contributed by atoms with Gasteiger partial charge in [-0.15, -0.1) is 0 Å². The van der Waals surface area contributed by atoms with Crippen molar-refractivity contribution in [1.82, 2.24) is 14.3 Å². The SMILES string of the molecule is O=[N+]([O-])c1ccccc1/C=C/c1nc(=S)n2n1CCCC2. The van der Waals surface area contributed by atoms with Gasteiger partial charge in [-0.25, -0.2) is 0 Å². The van der Waals surface area contributed by atoms with Gasteiger partial charge in [0.25, 0.3) is 5.69 Å². The van der Waals surface area contributed by atoms with Crippen molar-refractivity contribution in [2.45, 2.75) is 25.9 Å². The summed E-state index contributed by atoms with van der Waals surface area (Å²) in [5.41, 5.74) is 0.650. The van der Waals surface area contributed by atoms with Gasteiger partial charge in [0.15, 0.2) is 5.82 Å². The molecule has 0 unspecified atom stereocenters. The van der Waals surface area contributed by atoms with Crippen molar-refractivity contribution < 1.29 is 4.92 Å². The molecule has 0 aliphatic carbocycles. The highest BCUT2D eigenvalue weighted by Gasteiger charge is 2.14. The molecule has 0 bridgehead atoms. The molecule has 3 rings (SSSR count). The summed E-state index contributed by atoms with van der Waals surface area (Å²) in [7, 11) is 0. The lowest BCUT2D eigenvalue weighted by Crippen LogP contribution is -2.19. The molecule has 0 amide bonds. The Morgan fingerprint density at radius 2 is 1.90 bits per heavy atom. The minimum absolute atomic E-state index is 0.0884. The quantitative estimate of drug-likeness (QED) is 0.496. The van der Waals surface area contributed by atoms with Crippen LogP contribution < -0.4 is 0 Å². The molecule has 7 heteroatoms. The van der Waals surface area contributed by atoms with Gasteiger partial charge in [-0.2, -0.15) is 4.98 Å². The van der Waals surface area contributed by atoms with Gasteiger partial charge in [0.05, 0.1) is 10.5 Å². The molecular formula is C14H14N4O2S. The van der Waals surface area contributed by atoms with Gasteiger partial charge in [0, 0.05) is 19.2 Å². The van der Waals surface area contributed by atoms with Crippen LogP contribution in [0.1, 0.15) is 24.2 Å². The number of benzene rings is 1. The van der Waals surface area contributed by atoms with Crippen LogP contribution in [0.4, 0.5) is 5.69 Å². The third-order valence-electron chi connectivity index (χ3n) is 3.52. The Balaban J connectivity index is 1.98. The van der Waals surface area contributed by atoms with E-state index in [1.165, 1.54) is 6.07 Å². The summed E-state index contributed by atoms with van der Waals surface area (Å²) in [6.45, 7) is 1.76. The highest BCUT2D eigenvalue weighted by Crippen LogP contribution is 2.20. The summed E-state index contributed by atoms with van der Waals surface area (Å²) < 4.78 is 4.59. The number of nitrogens with zero attached hydrogens (tertiary/aromatic N) is 4. The van der Waals surface area contributed by atoms with Crippen LogP contribution in [0, 0.1) is 14.9 Å². The van der Waals surface area contributed by atoms with Crippen LogP contribution in [0.5, 0.6) is 0 Å². The smallest absolute Gasteiger partial charge is 0.266 e. The van der Waals surface area contributed by atoms with Crippen molar-refractivity contribution >= 4 is 30.1 Å².